The van der Waals surface area contributed by atoms with Crippen LogP contribution < -0.4 is 14.8 Å². The van der Waals surface area contributed by atoms with Crippen molar-refractivity contribution in [1.82, 2.24) is 5.32 Å². The molecule has 0 aromatic heterocycles. The highest BCUT2D eigenvalue weighted by atomic mass is 35.5. The summed E-state index contributed by atoms with van der Waals surface area (Å²) < 4.78 is 15.8. The Balaban J connectivity index is 2.80. The van der Waals surface area contributed by atoms with Gasteiger partial charge in [-0.15, -0.1) is 0 Å². The highest BCUT2D eigenvalue weighted by Crippen LogP contribution is 2.36. The fourth-order valence-corrected chi connectivity index (χ4v) is 2.34. The Morgan fingerprint density at radius 2 is 1.96 bits per heavy atom. The van der Waals surface area contributed by atoms with E-state index in [0.717, 1.165) is 0 Å². The van der Waals surface area contributed by atoms with Gasteiger partial charge in [0.2, 0.25) is 0 Å². The molecule has 1 atom stereocenters. The molecule has 144 valence electrons. The molecule has 0 aliphatic heterocycles. The van der Waals surface area contributed by atoms with Gasteiger partial charge in [-0.2, -0.15) is 0 Å². The summed E-state index contributed by atoms with van der Waals surface area (Å²) in [6.07, 6.45) is 1.86. The average molecular weight is 384 g/mol. The van der Waals surface area contributed by atoms with Gasteiger partial charge in [-0.3, -0.25) is 4.79 Å². The molecule has 0 saturated carbocycles. The zero-order valence-corrected chi connectivity index (χ0v) is 16.8. The molecule has 1 amide bonds. The summed E-state index contributed by atoms with van der Waals surface area (Å²) in [4.78, 5) is 23.9. The number of halogens is 1. The zero-order valence-electron chi connectivity index (χ0n) is 16.0. The second-order valence-electron chi connectivity index (χ2n) is 6.62. The summed E-state index contributed by atoms with van der Waals surface area (Å²) in [5.41, 5.74) is 0.242. The van der Waals surface area contributed by atoms with Crippen LogP contribution in [0.1, 0.15) is 40.2 Å². The fraction of sp³-hybridized carbons (Fsp3) is 0.474. The van der Waals surface area contributed by atoms with E-state index in [-0.39, 0.29) is 5.91 Å². The molecule has 0 spiro atoms. The Labute approximate surface area is 159 Å². The molecule has 0 saturated heterocycles. The molecule has 7 heteroatoms. The number of rotatable bonds is 7. The van der Waals surface area contributed by atoms with Crippen LogP contribution in [0.3, 0.4) is 0 Å². The van der Waals surface area contributed by atoms with Crippen molar-refractivity contribution in [1.29, 1.82) is 0 Å². The minimum atomic E-state index is -0.898. The zero-order chi connectivity index (χ0) is 19.9. The number of esters is 1. The van der Waals surface area contributed by atoms with E-state index in [1.807, 2.05) is 27.7 Å². The van der Waals surface area contributed by atoms with Crippen LogP contribution in [-0.4, -0.2) is 37.2 Å². The second kappa shape index (κ2) is 9.48. The van der Waals surface area contributed by atoms with E-state index in [0.29, 0.717) is 28.7 Å². The maximum Gasteiger partial charge on any atom is 0.331 e. The van der Waals surface area contributed by atoms with E-state index >= 15 is 0 Å². The molecule has 0 fully saturated rings. The first-order valence-electron chi connectivity index (χ1n) is 8.28. The van der Waals surface area contributed by atoms with E-state index in [9.17, 15) is 9.59 Å². The number of hydrogen-bond donors (Lipinski definition) is 1. The number of methoxy groups -OCH3 is 1. The Bertz CT molecular complexity index is 679. The number of benzene rings is 1. The van der Waals surface area contributed by atoms with Gasteiger partial charge in [0, 0.05) is 11.6 Å². The standard InChI is InChI=1S/C19H26ClNO5/c1-7-25-15-11-13(10-14(20)17(15)24-6)8-9-16(22)26-12(2)18(23)21-19(3,4)5/h8-12H,7H2,1-6H3,(H,21,23)/b9-8+/t12-/m1/s1. The van der Waals surface area contributed by atoms with Crippen molar-refractivity contribution in [3.8, 4) is 11.5 Å². The van der Waals surface area contributed by atoms with Crippen LogP contribution in [0, 0.1) is 0 Å². The molecule has 1 N–H and O–H groups in total. The minimum absolute atomic E-state index is 0.356. The lowest BCUT2D eigenvalue weighted by molar-refractivity contribution is -0.150. The van der Waals surface area contributed by atoms with Crippen molar-refractivity contribution in [3.05, 3.63) is 28.8 Å². The molecule has 0 bridgehead atoms. The lowest BCUT2D eigenvalue weighted by Gasteiger charge is -2.22. The van der Waals surface area contributed by atoms with Gasteiger partial charge in [-0.05, 0) is 58.4 Å². The third kappa shape index (κ3) is 6.96. The minimum Gasteiger partial charge on any atom is -0.491 e. The van der Waals surface area contributed by atoms with Gasteiger partial charge in [0.1, 0.15) is 0 Å². The summed E-state index contributed by atoms with van der Waals surface area (Å²) in [7, 11) is 1.50. The summed E-state index contributed by atoms with van der Waals surface area (Å²) in [5.74, 6) is -0.0778. The molecular formula is C19H26ClNO5. The maximum atomic E-state index is 11.9. The molecule has 1 aromatic rings. The molecule has 0 heterocycles. The molecule has 6 nitrogen and oxygen atoms in total. The van der Waals surface area contributed by atoms with Gasteiger partial charge < -0.3 is 19.5 Å². The third-order valence-electron chi connectivity index (χ3n) is 3.11. The molecular weight excluding hydrogens is 358 g/mol. The number of carbonyl (C=O) groups excluding carboxylic acids is 2. The smallest absolute Gasteiger partial charge is 0.331 e. The average Bonchev–Trinajstić information content (AvgIpc) is 2.51. The first-order valence-corrected chi connectivity index (χ1v) is 8.66. The van der Waals surface area contributed by atoms with Crippen LogP contribution >= 0.6 is 11.6 Å². The van der Waals surface area contributed by atoms with Crippen LogP contribution in [-0.2, 0) is 14.3 Å². The Morgan fingerprint density at radius 3 is 2.50 bits per heavy atom. The van der Waals surface area contributed by atoms with Crippen molar-refractivity contribution in [2.45, 2.75) is 46.3 Å². The number of amides is 1. The SMILES string of the molecule is CCOc1cc(/C=C/C(=O)O[C@H](C)C(=O)NC(C)(C)C)cc(Cl)c1OC. The maximum absolute atomic E-state index is 11.9. The first kappa shape index (κ1) is 21.8. The van der Waals surface area contributed by atoms with Gasteiger partial charge >= 0.3 is 5.97 Å². The van der Waals surface area contributed by atoms with Crippen molar-refractivity contribution < 1.29 is 23.8 Å². The monoisotopic (exact) mass is 383 g/mol. The molecule has 26 heavy (non-hydrogen) atoms. The lowest BCUT2D eigenvalue weighted by Crippen LogP contribution is -2.46. The van der Waals surface area contributed by atoms with Crippen LogP contribution in [0.2, 0.25) is 5.02 Å². The van der Waals surface area contributed by atoms with Crippen LogP contribution in [0.25, 0.3) is 6.08 Å². The van der Waals surface area contributed by atoms with E-state index < -0.39 is 17.6 Å². The summed E-state index contributed by atoms with van der Waals surface area (Å²) in [6, 6.07) is 3.34. The topological polar surface area (TPSA) is 73.9 Å². The molecule has 0 aliphatic carbocycles. The van der Waals surface area contributed by atoms with Gasteiger partial charge in [-0.25, -0.2) is 4.79 Å². The van der Waals surface area contributed by atoms with Crippen molar-refractivity contribution in [3.63, 3.8) is 0 Å². The van der Waals surface area contributed by atoms with Crippen LogP contribution in [0.4, 0.5) is 0 Å². The fourth-order valence-electron chi connectivity index (χ4n) is 2.05. The third-order valence-corrected chi connectivity index (χ3v) is 3.39. The molecule has 1 aromatic carbocycles. The van der Waals surface area contributed by atoms with Crippen molar-refractivity contribution >= 4 is 29.6 Å². The van der Waals surface area contributed by atoms with Crippen molar-refractivity contribution in [2.24, 2.45) is 0 Å². The van der Waals surface area contributed by atoms with E-state index in [1.54, 1.807) is 12.1 Å². The van der Waals surface area contributed by atoms with Gasteiger partial charge in [0.05, 0.1) is 18.7 Å². The lowest BCUT2D eigenvalue weighted by atomic mass is 10.1. The molecule has 0 aliphatic rings. The van der Waals surface area contributed by atoms with Crippen LogP contribution in [0.5, 0.6) is 11.5 Å². The second-order valence-corrected chi connectivity index (χ2v) is 7.03. The van der Waals surface area contributed by atoms with Crippen molar-refractivity contribution in [2.75, 3.05) is 13.7 Å². The number of nitrogens with one attached hydrogen (secondary N) is 1. The Hall–Kier alpha value is -2.21. The molecule has 1 rings (SSSR count). The van der Waals surface area contributed by atoms with E-state index in [1.165, 1.54) is 26.2 Å². The van der Waals surface area contributed by atoms with Gasteiger partial charge in [0.15, 0.2) is 17.6 Å². The predicted octanol–water partition coefficient (Wildman–Crippen LogP) is 3.61. The van der Waals surface area contributed by atoms with E-state index in [4.69, 9.17) is 25.8 Å². The van der Waals surface area contributed by atoms with Gasteiger partial charge in [0.25, 0.3) is 5.91 Å². The van der Waals surface area contributed by atoms with E-state index in [2.05, 4.69) is 5.32 Å². The highest BCUT2D eigenvalue weighted by molar-refractivity contribution is 6.32. The largest absolute Gasteiger partial charge is 0.491 e. The Kier molecular flexibility index (Phi) is 7.96. The summed E-state index contributed by atoms with van der Waals surface area (Å²) in [6.45, 7) is 9.36. The first-order chi connectivity index (χ1) is 12.1. The quantitative estimate of drug-likeness (QED) is 0.575. The molecule has 0 unspecified atom stereocenters. The Morgan fingerprint density at radius 1 is 1.31 bits per heavy atom. The molecule has 0 radical (unpaired) electrons. The summed E-state index contributed by atoms with van der Waals surface area (Å²) in [5, 5.41) is 3.12. The number of hydrogen-bond acceptors (Lipinski definition) is 5. The van der Waals surface area contributed by atoms with Crippen LogP contribution in [0.15, 0.2) is 18.2 Å². The normalized spacial score (nSPS) is 12.6. The highest BCUT2D eigenvalue weighted by Gasteiger charge is 2.21. The number of carbonyl (C=O) groups is 2. The predicted molar refractivity (Wildman–Crippen MR) is 102 cm³/mol. The van der Waals surface area contributed by atoms with Gasteiger partial charge in [-0.1, -0.05) is 11.6 Å². The number of ether oxygens (including phenoxy) is 3. The summed E-state index contributed by atoms with van der Waals surface area (Å²) >= 11 is 6.17.